The number of anilines is 2. The minimum Gasteiger partial charge on any atom is -0.399 e. The first-order valence-corrected chi connectivity index (χ1v) is 6.33. The van der Waals surface area contributed by atoms with Crippen LogP contribution in [0.4, 0.5) is 11.5 Å². The number of nitrogens with one attached hydrogen (secondary N) is 1. The summed E-state index contributed by atoms with van der Waals surface area (Å²) in [6.45, 7) is 0. The van der Waals surface area contributed by atoms with E-state index in [9.17, 15) is 8.42 Å². The van der Waals surface area contributed by atoms with E-state index in [1.165, 1.54) is 30.5 Å². The van der Waals surface area contributed by atoms with Gasteiger partial charge in [0.2, 0.25) is 0 Å². The van der Waals surface area contributed by atoms with Crippen molar-refractivity contribution in [3.63, 3.8) is 0 Å². The molecule has 0 aliphatic carbocycles. The molecular formula is C9H8ClN3O3S. The van der Waals surface area contributed by atoms with E-state index in [1.54, 1.807) is 0 Å². The summed E-state index contributed by atoms with van der Waals surface area (Å²) in [5.41, 5.74) is 5.81. The molecule has 90 valence electrons. The second kappa shape index (κ2) is 4.27. The molecular weight excluding hydrogens is 266 g/mol. The van der Waals surface area contributed by atoms with Crippen LogP contribution in [0.25, 0.3) is 0 Å². The summed E-state index contributed by atoms with van der Waals surface area (Å²) in [5, 5.41) is 3.52. The van der Waals surface area contributed by atoms with Crippen molar-refractivity contribution in [1.29, 1.82) is 0 Å². The van der Waals surface area contributed by atoms with E-state index >= 15 is 0 Å². The first-order chi connectivity index (χ1) is 7.99. The molecule has 2 rings (SSSR count). The van der Waals surface area contributed by atoms with E-state index in [4.69, 9.17) is 17.3 Å². The number of nitrogens with zero attached hydrogens (tertiary/aromatic N) is 1. The van der Waals surface area contributed by atoms with E-state index < -0.39 is 10.0 Å². The maximum atomic E-state index is 11.9. The quantitative estimate of drug-likeness (QED) is 0.830. The molecule has 1 heterocycles. The highest BCUT2D eigenvalue weighted by Crippen LogP contribution is 2.25. The van der Waals surface area contributed by atoms with Crippen molar-refractivity contribution >= 4 is 33.1 Å². The van der Waals surface area contributed by atoms with Crippen LogP contribution in [0.3, 0.4) is 0 Å². The van der Waals surface area contributed by atoms with Gasteiger partial charge in [-0.15, -0.1) is 0 Å². The molecule has 1 aromatic carbocycles. The Hall–Kier alpha value is -1.73. The molecule has 0 aliphatic heterocycles. The zero-order valence-electron chi connectivity index (χ0n) is 8.42. The molecule has 2 aromatic rings. The molecule has 8 heteroatoms. The van der Waals surface area contributed by atoms with Gasteiger partial charge in [-0.3, -0.25) is 4.72 Å². The van der Waals surface area contributed by atoms with Crippen molar-refractivity contribution in [2.75, 3.05) is 10.5 Å². The summed E-state index contributed by atoms with van der Waals surface area (Å²) in [4.78, 5) is -0.109. The number of hydrogen-bond acceptors (Lipinski definition) is 5. The molecule has 0 fully saturated rings. The normalized spacial score (nSPS) is 11.4. The number of halogens is 1. The molecule has 3 N–H and O–H groups in total. The Bertz CT molecular complexity index is 625. The monoisotopic (exact) mass is 273 g/mol. The predicted molar refractivity (Wildman–Crippen MR) is 63.2 cm³/mol. The molecule has 0 radical (unpaired) electrons. The highest BCUT2D eigenvalue weighted by atomic mass is 35.5. The summed E-state index contributed by atoms with van der Waals surface area (Å²) in [7, 11) is -3.82. The molecule has 0 atom stereocenters. The smallest absolute Gasteiger partial charge is 0.264 e. The summed E-state index contributed by atoms with van der Waals surface area (Å²) in [6, 6.07) is 5.56. The first kappa shape index (κ1) is 11.7. The molecule has 0 unspecified atom stereocenters. The number of nitrogens with two attached hydrogens (primary N) is 1. The summed E-state index contributed by atoms with van der Waals surface area (Å²) in [5.74, 6) is 0.0727. The molecule has 0 spiro atoms. The van der Waals surface area contributed by atoms with E-state index in [-0.39, 0.29) is 15.7 Å². The third-order valence-electron chi connectivity index (χ3n) is 1.92. The SMILES string of the molecule is Nc1ccc(Cl)c(S(=O)(=O)Nc2ccon2)c1. The van der Waals surface area contributed by atoms with Gasteiger partial charge in [0.05, 0.1) is 5.02 Å². The van der Waals surface area contributed by atoms with Crippen molar-refractivity contribution < 1.29 is 12.9 Å². The number of hydrogen-bond donors (Lipinski definition) is 2. The standard InChI is InChI=1S/C9H8ClN3O3S/c10-7-2-1-6(11)5-8(7)17(14,15)13-9-3-4-16-12-9/h1-5H,11H2,(H,12,13). The van der Waals surface area contributed by atoms with Gasteiger partial charge < -0.3 is 10.3 Å². The van der Waals surface area contributed by atoms with Gasteiger partial charge in [0.1, 0.15) is 11.2 Å². The topological polar surface area (TPSA) is 98.2 Å². The minimum atomic E-state index is -3.82. The summed E-state index contributed by atoms with van der Waals surface area (Å²) in [6.07, 6.45) is 1.25. The third kappa shape index (κ3) is 2.51. The lowest BCUT2D eigenvalue weighted by molar-refractivity contribution is 0.423. The van der Waals surface area contributed by atoms with Crippen LogP contribution in [0.1, 0.15) is 0 Å². The molecule has 17 heavy (non-hydrogen) atoms. The fourth-order valence-corrected chi connectivity index (χ4v) is 2.71. The zero-order chi connectivity index (χ0) is 12.5. The maximum absolute atomic E-state index is 11.9. The van der Waals surface area contributed by atoms with Crippen LogP contribution in [0.5, 0.6) is 0 Å². The van der Waals surface area contributed by atoms with Crippen LogP contribution in [-0.4, -0.2) is 13.6 Å². The van der Waals surface area contributed by atoms with Crippen molar-refractivity contribution in [3.05, 3.63) is 35.6 Å². The van der Waals surface area contributed by atoms with Crippen molar-refractivity contribution in [3.8, 4) is 0 Å². The van der Waals surface area contributed by atoms with Crippen molar-refractivity contribution in [2.45, 2.75) is 4.90 Å². The zero-order valence-corrected chi connectivity index (χ0v) is 9.99. The molecule has 0 bridgehead atoms. The lowest BCUT2D eigenvalue weighted by atomic mass is 10.3. The first-order valence-electron chi connectivity index (χ1n) is 4.47. The number of sulfonamides is 1. The van der Waals surface area contributed by atoms with E-state index in [0.29, 0.717) is 5.69 Å². The van der Waals surface area contributed by atoms with Gasteiger partial charge in [-0.25, -0.2) is 8.42 Å². The molecule has 6 nitrogen and oxygen atoms in total. The Balaban J connectivity index is 2.41. The third-order valence-corrected chi connectivity index (χ3v) is 3.76. The summed E-state index contributed by atoms with van der Waals surface area (Å²) >= 11 is 5.80. The van der Waals surface area contributed by atoms with Crippen LogP contribution in [0.15, 0.2) is 39.9 Å². The van der Waals surface area contributed by atoms with Gasteiger partial charge in [-0.2, -0.15) is 0 Å². The molecule has 1 aromatic heterocycles. The second-order valence-corrected chi connectivity index (χ2v) is 5.24. The summed E-state index contributed by atoms with van der Waals surface area (Å²) < 4.78 is 30.6. The highest BCUT2D eigenvalue weighted by molar-refractivity contribution is 7.92. The Kier molecular flexibility index (Phi) is 2.95. The molecule has 0 saturated heterocycles. The number of benzene rings is 1. The lowest BCUT2D eigenvalue weighted by Gasteiger charge is -2.07. The number of rotatable bonds is 3. The van der Waals surface area contributed by atoms with Gasteiger partial charge >= 0.3 is 0 Å². The predicted octanol–water partition coefficient (Wildman–Crippen LogP) is 1.71. The fraction of sp³-hybridized carbons (Fsp3) is 0. The number of aromatic nitrogens is 1. The van der Waals surface area contributed by atoms with Crippen molar-refractivity contribution in [2.24, 2.45) is 0 Å². The second-order valence-electron chi connectivity index (χ2n) is 3.18. The van der Waals surface area contributed by atoms with Crippen LogP contribution in [0.2, 0.25) is 5.02 Å². The average Bonchev–Trinajstić information content (AvgIpc) is 2.73. The van der Waals surface area contributed by atoms with Crippen LogP contribution in [-0.2, 0) is 10.0 Å². The largest absolute Gasteiger partial charge is 0.399 e. The van der Waals surface area contributed by atoms with Gasteiger partial charge in [-0.1, -0.05) is 16.8 Å². The van der Waals surface area contributed by atoms with Gasteiger partial charge in [0.25, 0.3) is 10.0 Å². The Morgan fingerprint density at radius 2 is 2.12 bits per heavy atom. The average molecular weight is 274 g/mol. The van der Waals surface area contributed by atoms with E-state index in [0.717, 1.165) is 0 Å². The van der Waals surface area contributed by atoms with E-state index in [2.05, 4.69) is 14.4 Å². The van der Waals surface area contributed by atoms with Crippen molar-refractivity contribution in [1.82, 2.24) is 5.16 Å². The molecule has 0 aliphatic rings. The van der Waals surface area contributed by atoms with Crippen LogP contribution < -0.4 is 10.5 Å². The van der Waals surface area contributed by atoms with Gasteiger partial charge in [0.15, 0.2) is 5.82 Å². The lowest BCUT2D eigenvalue weighted by Crippen LogP contribution is -2.14. The highest BCUT2D eigenvalue weighted by Gasteiger charge is 2.19. The Labute approximate surface area is 102 Å². The van der Waals surface area contributed by atoms with Crippen LogP contribution >= 0.6 is 11.6 Å². The van der Waals surface area contributed by atoms with Gasteiger partial charge in [0, 0.05) is 11.8 Å². The number of nitrogen functional groups attached to an aromatic ring is 1. The minimum absolute atomic E-state index is 0.0727. The maximum Gasteiger partial charge on any atom is 0.264 e. The molecule has 0 amide bonds. The van der Waals surface area contributed by atoms with Gasteiger partial charge in [-0.05, 0) is 18.2 Å². The fourth-order valence-electron chi connectivity index (χ4n) is 1.18. The molecule has 0 saturated carbocycles. The van der Waals surface area contributed by atoms with Crippen LogP contribution in [0, 0.1) is 0 Å². The Morgan fingerprint density at radius 1 is 1.35 bits per heavy atom. The van der Waals surface area contributed by atoms with E-state index in [1.807, 2.05) is 0 Å². The Morgan fingerprint density at radius 3 is 2.76 bits per heavy atom.